The van der Waals surface area contributed by atoms with Gasteiger partial charge < -0.3 is 15.2 Å². The summed E-state index contributed by atoms with van der Waals surface area (Å²) in [5.74, 6) is 0.595. The molecule has 7 heteroatoms. The number of nitrogens with two attached hydrogens (primary N) is 1. The number of rotatable bonds is 10. The molecule has 1 heterocycles. The second-order valence-corrected chi connectivity index (χ2v) is 9.04. The van der Waals surface area contributed by atoms with E-state index in [-0.39, 0.29) is 11.8 Å². The molecule has 0 spiro atoms. The highest BCUT2D eigenvalue weighted by atomic mass is 35.5. The second-order valence-electron chi connectivity index (χ2n) is 8.25. The lowest BCUT2D eigenvalue weighted by Crippen LogP contribution is -2.47. The van der Waals surface area contributed by atoms with E-state index in [9.17, 15) is 4.79 Å². The molecule has 1 aromatic heterocycles. The number of hydrogen-bond donors (Lipinski definition) is 1. The summed E-state index contributed by atoms with van der Waals surface area (Å²) in [6.07, 6.45) is 5.52. The number of hydrogen-bond acceptors (Lipinski definition) is 3. The van der Waals surface area contributed by atoms with Gasteiger partial charge in [0.25, 0.3) is 0 Å². The summed E-state index contributed by atoms with van der Waals surface area (Å²) in [6, 6.07) is 4.92. The lowest BCUT2D eigenvalue weighted by molar-refractivity contribution is -0.134. The fraction of sp³-hybridized carbons (Fsp3) is 0.545. The van der Waals surface area contributed by atoms with Crippen LogP contribution >= 0.6 is 23.2 Å². The predicted molar refractivity (Wildman–Crippen MR) is 120 cm³/mol. The molecular weight excluding hydrogens is 407 g/mol. The third-order valence-electron chi connectivity index (χ3n) is 5.09. The van der Waals surface area contributed by atoms with Crippen LogP contribution in [-0.2, 0) is 24.3 Å². The third kappa shape index (κ3) is 6.73. The highest BCUT2D eigenvalue weighted by Gasteiger charge is 2.24. The summed E-state index contributed by atoms with van der Waals surface area (Å²) in [6.45, 7) is 10.2. The molecule has 0 bridgehead atoms. The molecule has 0 saturated carbocycles. The molecule has 0 aliphatic rings. The molecule has 2 N–H and O–H groups in total. The summed E-state index contributed by atoms with van der Waals surface area (Å²) in [7, 11) is 0. The minimum Gasteiger partial charge on any atom is -0.337 e. The zero-order valence-corrected chi connectivity index (χ0v) is 19.2. The van der Waals surface area contributed by atoms with Gasteiger partial charge >= 0.3 is 0 Å². The van der Waals surface area contributed by atoms with E-state index in [0.29, 0.717) is 35.5 Å². The number of imidazole rings is 1. The van der Waals surface area contributed by atoms with Crippen molar-refractivity contribution in [2.45, 2.75) is 59.7 Å². The molecule has 1 atom stereocenters. The monoisotopic (exact) mass is 438 g/mol. The van der Waals surface area contributed by atoms with Crippen LogP contribution in [0, 0.1) is 11.8 Å². The topological polar surface area (TPSA) is 64.2 Å². The first-order chi connectivity index (χ1) is 13.7. The second kappa shape index (κ2) is 11.0. The SMILES string of the molecule is CC(C)CCn1cncc1CCN(Cc1cccc(Cl)c1Cl)C(=O)[C@@H](N)C(C)C. The highest BCUT2D eigenvalue weighted by molar-refractivity contribution is 6.42. The van der Waals surface area contributed by atoms with Crippen LogP contribution in [0.1, 0.15) is 45.4 Å². The Kier molecular flexibility index (Phi) is 9.00. The first kappa shape index (κ1) is 23.7. The van der Waals surface area contributed by atoms with Gasteiger partial charge in [-0.15, -0.1) is 0 Å². The van der Waals surface area contributed by atoms with Gasteiger partial charge in [-0.25, -0.2) is 4.98 Å². The standard InChI is InChI=1S/C22H32Cl2N4O/c1-15(2)8-10-28-14-26-12-18(28)9-11-27(22(29)21(25)16(3)4)13-17-6-5-7-19(23)20(17)24/h5-7,12,14-16,21H,8-11,13,25H2,1-4H3/t21-/m0/s1. The minimum atomic E-state index is -0.557. The highest BCUT2D eigenvalue weighted by Crippen LogP contribution is 2.27. The molecule has 29 heavy (non-hydrogen) atoms. The van der Waals surface area contributed by atoms with Crippen LogP contribution in [0.25, 0.3) is 0 Å². The molecule has 1 aromatic carbocycles. The number of aromatic nitrogens is 2. The Hall–Kier alpha value is -1.56. The van der Waals surface area contributed by atoms with E-state index in [0.717, 1.165) is 24.2 Å². The van der Waals surface area contributed by atoms with Crippen molar-refractivity contribution in [1.29, 1.82) is 0 Å². The van der Waals surface area contributed by atoms with Crippen molar-refractivity contribution in [3.8, 4) is 0 Å². The summed E-state index contributed by atoms with van der Waals surface area (Å²) >= 11 is 12.5. The molecule has 0 saturated heterocycles. The Morgan fingerprint density at radius 2 is 1.97 bits per heavy atom. The van der Waals surface area contributed by atoms with Crippen molar-refractivity contribution in [1.82, 2.24) is 14.5 Å². The predicted octanol–water partition coefficient (Wildman–Crippen LogP) is 4.79. The maximum atomic E-state index is 13.0. The van der Waals surface area contributed by atoms with Gasteiger partial charge in [-0.2, -0.15) is 0 Å². The Morgan fingerprint density at radius 3 is 2.62 bits per heavy atom. The van der Waals surface area contributed by atoms with E-state index in [2.05, 4.69) is 23.4 Å². The Balaban J connectivity index is 2.17. The number of nitrogens with zero attached hydrogens (tertiary/aromatic N) is 3. The van der Waals surface area contributed by atoms with E-state index in [4.69, 9.17) is 28.9 Å². The molecule has 0 aliphatic carbocycles. The van der Waals surface area contributed by atoms with Crippen LogP contribution in [0.4, 0.5) is 0 Å². The van der Waals surface area contributed by atoms with Crippen LogP contribution in [-0.4, -0.2) is 32.9 Å². The van der Waals surface area contributed by atoms with Crippen molar-refractivity contribution in [2.24, 2.45) is 17.6 Å². The number of amides is 1. The van der Waals surface area contributed by atoms with Crippen molar-refractivity contribution in [2.75, 3.05) is 6.54 Å². The average molecular weight is 439 g/mol. The van der Waals surface area contributed by atoms with Gasteiger partial charge in [-0.1, -0.05) is 63.0 Å². The van der Waals surface area contributed by atoms with Gasteiger partial charge in [-0.05, 0) is 29.9 Å². The average Bonchev–Trinajstić information content (AvgIpc) is 3.12. The molecule has 5 nitrogen and oxygen atoms in total. The lowest BCUT2D eigenvalue weighted by Gasteiger charge is -2.28. The molecule has 160 valence electrons. The van der Waals surface area contributed by atoms with E-state index in [1.807, 2.05) is 38.5 Å². The zero-order valence-electron chi connectivity index (χ0n) is 17.7. The molecule has 0 fully saturated rings. The van der Waals surface area contributed by atoms with Gasteiger partial charge in [0.15, 0.2) is 0 Å². The molecular formula is C22H32Cl2N4O. The number of aryl methyl sites for hydroxylation is 1. The number of halogens is 2. The first-order valence-corrected chi connectivity index (χ1v) is 10.9. The molecule has 2 aromatic rings. The van der Waals surface area contributed by atoms with Gasteiger partial charge in [0, 0.05) is 37.9 Å². The molecule has 0 radical (unpaired) electrons. The van der Waals surface area contributed by atoms with Gasteiger partial charge in [0.05, 0.1) is 22.4 Å². The van der Waals surface area contributed by atoms with Gasteiger partial charge in [0.2, 0.25) is 5.91 Å². The maximum Gasteiger partial charge on any atom is 0.240 e. The minimum absolute atomic E-state index is 0.0522. The zero-order chi connectivity index (χ0) is 21.6. The number of benzene rings is 1. The largest absolute Gasteiger partial charge is 0.337 e. The molecule has 1 amide bonds. The number of carbonyl (C=O) groups excluding carboxylic acids is 1. The van der Waals surface area contributed by atoms with E-state index < -0.39 is 6.04 Å². The smallest absolute Gasteiger partial charge is 0.240 e. The quantitative estimate of drug-likeness (QED) is 0.579. The van der Waals surface area contributed by atoms with Gasteiger partial charge in [-0.3, -0.25) is 4.79 Å². The summed E-state index contributed by atoms with van der Waals surface area (Å²) in [5.41, 5.74) is 8.10. The maximum absolute atomic E-state index is 13.0. The van der Waals surface area contributed by atoms with Gasteiger partial charge in [0.1, 0.15) is 0 Å². The van der Waals surface area contributed by atoms with E-state index >= 15 is 0 Å². The number of carbonyl (C=O) groups is 1. The fourth-order valence-electron chi connectivity index (χ4n) is 3.04. The Bertz CT molecular complexity index is 804. The fourth-order valence-corrected chi connectivity index (χ4v) is 3.42. The molecule has 0 unspecified atom stereocenters. The van der Waals surface area contributed by atoms with Crippen LogP contribution in [0.3, 0.4) is 0 Å². The van der Waals surface area contributed by atoms with Crippen LogP contribution in [0.15, 0.2) is 30.7 Å². The summed E-state index contributed by atoms with van der Waals surface area (Å²) in [5, 5.41) is 0.962. The van der Waals surface area contributed by atoms with Crippen molar-refractivity contribution in [3.05, 3.63) is 52.0 Å². The van der Waals surface area contributed by atoms with Crippen molar-refractivity contribution in [3.63, 3.8) is 0 Å². The summed E-state index contributed by atoms with van der Waals surface area (Å²) < 4.78 is 2.16. The van der Waals surface area contributed by atoms with Crippen molar-refractivity contribution >= 4 is 29.1 Å². The lowest BCUT2D eigenvalue weighted by atomic mass is 10.0. The van der Waals surface area contributed by atoms with Crippen molar-refractivity contribution < 1.29 is 4.79 Å². The first-order valence-electron chi connectivity index (χ1n) is 10.2. The normalized spacial score (nSPS) is 12.6. The third-order valence-corrected chi connectivity index (χ3v) is 5.95. The van der Waals surface area contributed by atoms with Crippen LogP contribution in [0.2, 0.25) is 10.0 Å². The van der Waals surface area contributed by atoms with Crippen LogP contribution < -0.4 is 5.73 Å². The van der Waals surface area contributed by atoms with Crippen LogP contribution in [0.5, 0.6) is 0 Å². The Labute approximate surface area is 184 Å². The molecule has 2 rings (SSSR count). The molecule has 0 aliphatic heterocycles. The van der Waals surface area contributed by atoms with E-state index in [1.165, 1.54) is 0 Å². The summed E-state index contributed by atoms with van der Waals surface area (Å²) in [4.78, 5) is 19.1. The Morgan fingerprint density at radius 1 is 1.24 bits per heavy atom. The van der Waals surface area contributed by atoms with E-state index in [1.54, 1.807) is 11.0 Å².